The summed E-state index contributed by atoms with van der Waals surface area (Å²) in [4.78, 5) is 24.8. The monoisotopic (exact) mass is 493 g/mol. The first kappa shape index (κ1) is 22.4. The highest BCUT2D eigenvalue weighted by atomic mass is 35.5. The van der Waals surface area contributed by atoms with E-state index in [1.807, 2.05) is 0 Å². The van der Waals surface area contributed by atoms with Crippen molar-refractivity contribution in [3.8, 4) is 17.0 Å². The van der Waals surface area contributed by atoms with Gasteiger partial charge in [0.1, 0.15) is 11.3 Å². The standard InChI is InChI=1S/C23H24ClNO7S/c1-12-15-8-17(23(27)28)22(26)25(14-2-3-14)21(15)16-9-18(24)19(10-20(16)33(12,29)30)32-11-13-4-6-31-7-5-13/h8-10,12-14H,2-7,11H2,1H3,(H,27,28). The molecule has 2 fully saturated rings. The van der Waals surface area contributed by atoms with E-state index >= 15 is 0 Å². The molecular formula is C23H24ClNO7S. The van der Waals surface area contributed by atoms with Gasteiger partial charge in [0.15, 0.2) is 9.84 Å². The van der Waals surface area contributed by atoms with E-state index in [1.165, 1.54) is 29.7 Å². The number of pyridine rings is 1. The second kappa shape index (κ2) is 8.14. The van der Waals surface area contributed by atoms with E-state index in [0.717, 1.165) is 25.7 Å². The molecule has 1 aromatic carbocycles. The van der Waals surface area contributed by atoms with Gasteiger partial charge >= 0.3 is 5.97 Å². The quantitative estimate of drug-likeness (QED) is 0.673. The summed E-state index contributed by atoms with van der Waals surface area (Å²) in [6.45, 7) is 3.27. The molecule has 1 N–H and O–H groups in total. The molecule has 176 valence electrons. The van der Waals surface area contributed by atoms with Crippen molar-refractivity contribution in [2.24, 2.45) is 5.92 Å². The lowest BCUT2D eigenvalue weighted by molar-refractivity contribution is 0.0497. The first-order valence-electron chi connectivity index (χ1n) is 11.0. The van der Waals surface area contributed by atoms with Crippen molar-refractivity contribution in [2.75, 3.05) is 19.8 Å². The zero-order valence-electron chi connectivity index (χ0n) is 18.0. The van der Waals surface area contributed by atoms with Crippen molar-refractivity contribution in [3.05, 3.63) is 44.7 Å². The van der Waals surface area contributed by atoms with Crippen LogP contribution in [0.3, 0.4) is 0 Å². The number of sulfone groups is 1. The van der Waals surface area contributed by atoms with Gasteiger partial charge in [0.2, 0.25) is 0 Å². The molecule has 0 bridgehead atoms. The molecule has 0 radical (unpaired) electrons. The number of ether oxygens (including phenoxy) is 2. The molecule has 5 rings (SSSR count). The Balaban J connectivity index is 1.66. The van der Waals surface area contributed by atoms with E-state index < -0.39 is 32.2 Å². The molecule has 1 saturated heterocycles. The fraction of sp³-hybridized carbons (Fsp3) is 0.478. The summed E-state index contributed by atoms with van der Waals surface area (Å²) < 4.78 is 39.6. The van der Waals surface area contributed by atoms with Crippen LogP contribution in [0.25, 0.3) is 11.3 Å². The SMILES string of the molecule is CC1c2cc(C(=O)O)c(=O)n(C3CC3)c2-c2cc(Cl)c(OCC3CCOCC3)cc2S1(=O)=O. The Morgan fingerprint density at radius 1 is 1.21 bits per heavy atom. The van der Waals surface area contributed by atoms with Crippen molar-refractivity contribution in [1.82, 2.24) is 4.57 Å². The van der Waals surface area contributed by atoms with Crippen molar-refractivity contribution in [3.63, 3.8) is 0 Å². The third kappa shape index (κ3) is 3.76. The number of hydrogen-bond acceptors (Lipinski definition) is 6. The molecule has 2 aromatic rings. The van der Waals surface area contributed by atoms with Crippen LogP contribution in [0.2, 0.25) is 5.02 Å². The number of benzene rings is 1. The molecule has 1 unspecified atom stereocenters. The highest BCUT2D eigenvalue weighted by Gasteiger charge is 2.41. The summed E-state index contributed by atoms with van der Waals surface area (Å²) >= 11 is 6.52. The van der Waals surface area contributed by atoms with Crippen LogP contribution in [0.15, 0.2) is 27.9 Å². The number of hydrogen-bond donors (Lipinski definition) is 1. The van der Waals surface area contributed by atoms with Crippen LogP contribution in [-0.2, 0) is 14.6 Å². The lowest BCUT2D eigenvalue weighted by Gasteiger charge is -2.29. The van der Waals surface area contributed by atoms with E-state index in [4.69, 9.17) is 21.1 Å². The summed E-state index contributed by atoms with van der Waals surface area (Å²) in [5.41, 5.74) is -0.000624. The van der Waals surface area contributed by atoms with Crippen LogP contribution in [0.1, 0.15) is 59.8 Å². The number of aromatic nitrogens is 1. The lowest BCUT2D eigenvalue weighted by Crippen LogP contribution is -2.31. The molecule has 1 saturated carbocycles. The van der Waals surface area contributed by atoms with Gasteiger partial charge in [0.25, 0.3) is 5.56 Å². The third-order valence-corrected chi connectivity index (χ3v) is 9.15. The summed E-state index contributed by atoms with van der Waals surface area (Å²) in [6, 6.07) is 4.01. The first-order chi connectivity index (χ1) is 15.7. The molecule has 0 spiro atoms. The number of aromatic carboxylic acids is 1. The van der Waals surface area contributed by atoms with Gasteiger partial charge in [-0.1, -0.05) is 11.6 Å². The maximum Gasteiger partial charge on any atom is 0.341 e. The van der Waals surface area contributed by atoms with E-state index in [-0.39, 0.29) is 21.7 Å². The van der Waals surface area contributed by atoms with Crippen LogP contribution in [0.4, 0.5) is 0 Å². The zero-order valence-corrected chi connectivity index (χ0v) is 19.6. The Bertz CT molecular complexity index is 1310. The predicted molar refractivity (Wildman–Crippen MR) is 121 cm³/mol. The molecule has 8 nitrogen and oxygen atoms in total. The molecule has 33 heavy (non-hydrogen) atoms. The Kier molecular flexibility index (Phi) is 5.54. The van der Waals surface area contributed by atoms with Gasteiger partial charge in [-0.05, 0) is 56.2 Å². The summed E-state index contributed by atoms with van der Waals surface area (Å²) in [7, 11) is -3.86. The number of carbonyl (C=O) groups is 1. The van der Waals surface area contributed by atoms with Crippen LogP contribution < -0.4 is 10.3 Å². The average molecular weight is 494 g/mol. The predicted octanol–water partition coefficient (Wildman–Crippen LogP) is 3.86. The van der Waals surface area contributed by atoms with Gasteiger partial charge in [-0.25, -0.2) is 13.2 Å². The van der Waals surface area contributed by atoms with Crippen molar-refractivity contribution in [2.45, 2.75) is 48.8 Å². The highest BCUT2D eigenvalue weighted by Crippen LogP contribution is 2.49. The molecule has 0 amide bonds. The molecular weight excluding hydrogens is 470 g/mol. The summed E-state index contributed by atoms with van der Waals surface area (Å²) in [5.74, 6) is -0.789. The Morgan fingerprint density at radius 2 is 1.91 bits per heavy atom. The van der Waals surface area contributed by atoms with E-state index in [9.17, 15) is 23.1 Å². The number of carboxylic acids is 1. The van der Waals surface area contributed by atoms with Gasteiger partial charge in [-0.15, -0.1) is 0 Å². The van der Waals surface area contributed by atoms with Crippen LogP contribution in [-0.4, -0.2) is 43.9 Å². The lowest BCUT2D eigenvalue weighted by atomic mass is 9.99. The Morgan fingerprint density at radius 3 is 2.55 bits per heavy atom. The molecule has 3 heterocycles. The maximum atomic E-state index is 13.4. The van der Waals surface area contributed by atoms with Crippen molar-refractivity contribution in [1.29, 1.82) is 0 Å². The second-order valence-corrected chi connectivity index (χ2v) is 11.6. The number of halogens is 1. The van der Waals surface area contributed by atoms with Gasteiger partial charge in [0.05, 0.1) is 27.5 Å². The minimum absolute atomic E-state index is 0.0470. The van der Waals surface area contributed by atoms with E-state index in [1.54, 1.807) is 0 Å². The third-order valence-electron chi connectivity index (χ3n) is 6.72. The molecule has 2 aliphatic heterocycles. The Labute approximate surface area is 196 Å². The normalized spacial score (nSPS) is 21.8. The maximum absolute atomic E-state index is 13.4. The average Bonchev–Trinajstić information content (AvgIpc) is 3.62. The fourth-order valence-electron chi connectivity index (χ4n) is 4.63. The zero-order chi connectivity index (χ0) is 23.5. The van der Waals surface area contributed by atoms with Crippen LogP contribution >= 0.6 is 11.6 Å². The molecule has 3 aliphatic rings. The molecule has 1 aromatic heterocycles. The van der Waals surface area contributed by atoms with Crippen molar-refractivity contribution >= 4 is 27.4 Å². The largest absolute Gasteiger partial charge is 0.492 e. The summed E-state index contributed by atoms with van der Waals surface area (Å²) in [5, 5.41) is 8.77. The van der Waals surface area contributed by atoms with Gasteiger partial charge in [-0.3, -0.25) is 4.79 Å². The Hall–Kier alpha value is -2.36. The number of carboxylic acid groups (broad SMARTS) is 1. The minimum Gasteiger partial charge on any atom is -0.492 e. The molecule has 1 atom stereocenters. The highest BCUT2D eigenvalue weighted by molar-refractivity contribution is 7.92. The minimum atomic E-state index is -3.86. The first-order valence-corrected chi connectivity index (χ1v) is 12.9. The van der Waals surface area contributed by atoms with Gasteiger partial charge < -0.3 is 19.1 Å². The topological polar surface area (TPSA) is 112 Å². The second-order valence-electron chi connectivity index (χ2n) is 8.91. The molecule has 1 aliphatic carbocycles. The van der Waals surface area contributed by atoms with E-state index in [0.29, 0.717) is 42.6 Å². The van der Waals surface area contributed by atoms with Crippen molar-refractivity contribution < 1.29 is 27.8 Å². The van der Waals surface area contributed by atoms with E-state index in [2.05, 4.69) is 0 Å². The molecule has 10 heteroatoms. The van der Waals surface area contributed by atoms with Gasteiger partial charge in [0, 0.05) is 30.9 Å². The van der Waals surface area contributed by atoms with Gasteiger partial charge in [-0.2, -0.15) is 0 Å². The van der Waals surface area contributed by atoms with Crippen LogP contribution in [0, 0.1) is 5.92 Å². The number of nitrogens with zero attached hydrogens (tertiary/aromatic N) is 1. The fourth-order valence-corrected chi connectivity index (χ4v) is 6.48. The summed E-state index contributed by atoms with van der Waals surface area (Å²) in [6.07, 6.45) is 3.19. The van der Waals surface area contributed by atoms with Crippen LogP contribution in [0.5, 0.6) is 5.75 Å². The smallest absolute Gasteiger partial charge is 0.341 e. The number of rotatable bonds is 5. The number of fused-ring (bicyclic) bond motifs is 3.